The third kappa shape index (κ3) is 2.39. The molecule has 1 aliphatic heterocycles. The Morgan fingerprint density at radius 1 is 1.32 bits per heavy atom. The molecule has 7 nitrogen and oxygen atoms in total. The van der Waals surface area contributed by atoms with Crippen LogP contribution in [0.5, 0.6) is 11.5 Å². The van der Waals surface area contributed by atoms with Crippen molar-refractivity contribution < 1.29 is 19.4 Å². The Kier molecular flexibility index (Phi) is 3.72. The van der Waals surface area contributed by atoms with Gasteiger partial charge in [0.25, 0.3) is 0 Å². The quantitative estimate of drug-likeness (QED) is 0.783. The van der Waals surface area contributed by atoms with Crippen molar-refractivity contribution in [3.8, 4) is 11.5 Å². The topological polar surface area (TPSA) is 96.5 Å². The number of fused-ring (bicyclic) bond motifs is 1. The zero-order chi connectivity index (χ0) is 15.7. The molecule has 0 saturated carbocycles. The number of imidazole rings is 1. The number of hydrogen-bond acceptors (Lipinski definition) is 5. The molecule has 1 aliphatic rings. The lowest BCUT2D eigenvalue weighted by atomic mass is 9.94. The van der Waals surface area contributed by atoms with Crippen LogP contribution in [0.15, 0.2) is 24.5 Å². The van der Waals surface area contributed by atoms with E-state index in [4.69, 9.17) is 9.47 Å². The number of hydrogen-bond donors (Lipinski definition) is 3. The predicted octanol–water partition coefficient (Wildman–Crippen LogP) is 1.12. The summed E-state index contributed by atoms with van der Waals surface area (Å²) >= 11 is 0. The molecule has 0 spiro atoms. The maximum Gasteiger partial charge on any atom is 0.321 e. The highest BCUT2D eigenvalue weighted by atomic mass is 16.5. The molecular weight excluding hydrogens is 286 g/mol. The first-order valence-electron chi connectivity index (χ1n) is 6.87. The zero-order valence-electron chi connectivity index (χ0n) is 12.3. The predicted molar refractivity (Wildman–Crippen MR) is 78.2 cm³/mol. The lowest BCUT2D eigenvalue weighted by Gasteiger charge is -2.28. The number of carboxylic acid groups (broad SMARTS) is 1. The number of nitrogens with one attached hydrogen (secondary N) is 2. The van der Waals surface area contributed by atoms with Crippen LogP contribution in [-0.2, 0) is 11.2 Å². The minimum absolute atomic E-state index is 0.309. The van der Waals surface area contributed by atoms with Gasteiger partial charge in [-0.2, -0.15) is 0 Å². The number of aromatic nitrogens is 2. The average Bonchev–Trinajstić information content (AvgIpc) is 3.01. The van der Waals surface area contributed by atoms with Crippen molar-refractivity contribution >= 4 is 5.97 Å². The van der Waals surface area contributed by atoms with Gasteiger partial charge in [-0.3, -0.25) is 10.1 Å². The molecule has 0 radical (unpaired) electrons. The summed E-state index contributed by atoms with van der Waals surface area (Å²) in [6.45, 7) is 0. The second-order valence-corrected chi connectivity index (χ2v) is 5.08. The van der Waals surface area contributed by atoms with E-state index in [1.54, 1.807) is 26.6 Å². The van der Waals surface area contributed by atoms with E-state index in [2.05, 4.69) is 15.3 Å². The van der Waals surface area contributed by atoms with Gasteiger partial charge in [0.2, 0.25) is 0 Å². The van der Waals surface area contributed by atoms with Crippen molar-refractivity contribution in [1.29, 1.82) is 0 Å². The molecule has 3 rings (SSSR count). The van der Waals surface area contributed by atoms with E-state index in [-0.39, 0.29) is 6.04 Å². The van der Waals surface area contributed by atoms with E-state index in [1.807, 2.05) is 12.1 Å². The van der Waals surface area contributed by atoms with Crippen LogP contribution in [0.2, 0.25) is 0 Å². The Hall–Kier alpha value is -2.54. The molecule has 2 atom stereocenters. The van der Waals surface area contributed by atoms with Gasteiger partial charge in [0.05, 0.1) is 32.3 Å². The largest absolute Gasteiger partial charge is 0.493 e. The second kappa shape index (κ2) is 5.69. The summed E-state index contributed by atoms with van der Waals surface area (Å²) in [5, 5.41) is 12.4. The van der Waals surface area contributed by atoms with E-state index in [1.165, 1.54) is 0 Å². The standard InChI is InChI=1S/C15H17N3O4/c1-21-11-4-3-8(5-12(11)22-2)13-14-9(16-7-17-14)6-10(18-13)15(19)20/h3-5,7,10,13,18H,6H2,1-2H3,(H,16,17)(H,19,20)/t10-,13-/m0/s1. The summed E-state index contributed by atoms with van der Waals surface area (Å²) in [6, 6.07) is 4.54. The average molecular weight is 303 g/mol. The number of carboxylic acids is 1. The van der Waals surface area contributed by atoms with Gasteiger partial charge in [-0.25, -0.2) is 4.98 Å². The van der Waals surface area contributed by atoms with Crippen molar-refractivity contribution in [2.45, 2.75) is 18.5 Å². The number of rotatable bonds is 4. The molecule has 0 amide bonds. The number of methoxy groups -OCH3 is 2. The van der Waals surface area contributed by atoms with Crippen molar-refractivity contribution in [3.05, 3.63) is 41.5 Å². The molecule has 3 N–H and O–H groups in total. The normalized spacial score (nSPS) is 20.3. The van der Waals surface area contributed by atoms with Gasteiger partial charge in [0.15, 0.2) is 11.5 Å². The highest BCUT2D eigenvalue weighted by molar-refractivity contribution is 5.74. The van der Waals surface area contributed by atoms with Gasteiger partial charge < -0.3 is 19.6 Å². The molecule has 1 aromatic heterocycles. The molecule has 0 aliphatic carbocycles. The summed E-state index contributed by atoms with van der Waals surface area (Å²) in [7, 11) is 3.14. The molecule has 7 heteroatoms. The van der Waals surface area contributed by atoms with Crippen LogP contribution in [0.25, 0.3) is 0 Å². The summed E-state index contributed by atoms with van der Waals surface area (Å²) in [5.41, 5.74) is 2.52. The van der Waals surface area contributed by atoms with Gasteiger partial charge in [-0.1, -0.05) is 6.07 Å². The monoisotopic (exact) mass is 303 g/mol. The smallest absolute Gasteiger partial charge is 0.321 e. The van der Waals surface area contributed by atoms with Gasteiger partial charge in [0, 0.05) is 12.1 Å². The fourth-order valence-electron chi connectivity index (χ4n) is 2.73. The molecule has 116 valence electrons. The molecular formula is C15H17N3O4. The van der Waals surface area contributed by atoms with E-state index in [0.29, 0.717) is 17.9 Å². The maximum atomic E-state index is 11.3. The summed E-state index contributed by atoms with van der Waals surface area (Å²) in [6.07, 6.45) is 1.97. The van der Waals surface area contributed by atoms with Crippen molar-refractivity contribution in [3.63, 3.8) is 0 Å². The summed E-state index contributed by atoms with van der Waals surface area (Å²) in [4.78, 5) is 18.7. The molecule has 2 aromatic rings. The van der Waals surface area contributed by atoms with Crippen LogP contribution >= 0.6 is 0 Å². The van der Waals surface area contributed by atoms with Crippen LogP contribution in [0, 0.1) is 0 Å². The highest BCUT2D eigenvalue weighted by Crippen LogP contribution is 2.34. The maximum absolute atomic E-state index is 11.3. The first-order valence-corrected chi connectivity index (χ1v) is 6.87. The summed E-state index contributed by atoms with van der Waals surface area (Å²) < 4.78 is 10.5. The minimum atomic E-state index is -0.884. The van der Waals surface area contributed by atoms with Gasteiger partial charge >= 0.3 is 5.97 Å². The highest BCUT2D eigenvalue weighted by Gasteiger charge is 2.33. The Morgan fingerprint density at radius 3 is 2.77 bits per heavy atom. The third-order valence-corrected chi connectivity index (χ3v) is 3.84. The van der Waals surface area contributed by atoms with Gasteiger partial charge in [0.1, 0.15) is 6.04 Å². The number of ether oxygens (including phenoxy) is 2. The fourth-order valence-corrected chi connectivity index (χ4v) is 2.73. The lowest BCUT2D eigenvalue weighted by Crippen LogP contribution is -2.45. The number of nitrogens with zero attached hydrogens (tertiary/aromatic N) is 1. The molecule has 2 heterocycles. The van der Waals surface area contributed by atoms with Crippen LogP contribution in [0.1, 0.15) is 23.0 Å². The van der Waals surface area contributed by atoms with E-state index in [9.17, 15) is 9.90 Å². The fraction of sp³-hybridized carbons (Fsp3) is 0.333. The number of carbonyl (C=O) groups is 1. The van der Waals surface area contributed by atoms with Crippen molar-refractivity contribution in [1.82, 2.24) is 15.3 Å². The van der Waals surface area contributed by atoms with Crippen LogP contribution in [0.3, 0.4) is 0 Å². The molecule has 0 unspecified atom stereocenters. The molecule has 0 saturated heterocycles. The SMILES string of the molecule is COc1ccc([C@@H]2N[C@H](C(=O)O)Cc3[nH]cnc32)cc1OC. The number of aromatic amines is 1. The van der Waals surface area contributed by atoms with Gasteiger partial charge in [-0.05, 0) is 17.7 Å². The molecule has 1 aromatic carbocycles. The van der Waals surface area contributed by atoms with Crippen LogP contribution in [-0.4, -0.2) is 41.3 Å². The first-order chi connectivity index (χ1) is 10.6. The van der Waals surface area contributed by atoms with Gasteiger partial charge in [-0.15, -0.1) is 0 Å². The molecule has 0 fully saturated rings. The van der Waals surface area contributed by atoms with E-state index < -0.39 is 12.0 Å². The van der Waals surface area contributed by atoms with E-state index >= 15 is 0 Å². The summed E-state index contributed by atoms with van der Waals surface area (Å²) in [5.74, 6) is 0.334. The van der Waals surface area contributed by atoms with Crippen molar-refractivity contribution in [2.75, 3.05) is 14.2 Å². The number of benzene rings is 1. The van der Waals surface area contributed by atoms with E-state index in [0.717, 1.165) is 17.0 Å². The molecule has 0 bridgehead atoms. The Labute approximate surface area is 127 Å². The second-order valence-electron chi connectivity index (χ2n) is 5.08. The number of aliphatic carboxylic acids is 1. The number of H-pyrrole nitrogens is 1. The zero-order valence-corrected chi connectivity index (χ0v) is 12.3. The van der Waals surface area contributed by atoms with Crippen LogP contribution < -0.4 is 14.8 Å². The third-order valence-electron chi connectivity index (χ3n) is 3.84. The lowest BCUT2D eigenvalue weighted by molar-refractivity contribution is -0.139. The molecule has 22 heavy (non-hydrogen) atoms. The Balaban J connectivity index is 2.02. The van der Waals surface area contributed by atoms with Crippen molar-refractivity contribution in [2.24, 2.45) is 0 Å². The Bertz CT molecular complexity index is 698. The minimum Gasteiger partial charge on any atom is -0.493 e. The Morgan fingerprint density at radius 2 is 2.09 bits per heavy atom. The van der Waals surface area contributed by atoms with Crippen LogP contribution in [0.4, 0.5) is 0 Å². The first kappa shape index (κ1) is 14.4.